The van der Waals surface area contributed by atoms with Gasteiger partial charge in [-0.3, -0.25) is 4.79 Å². The van der Waals surface area contributed by atoms with Gasteiger partial charge < -0.3 is 10.2 Å². The third-order valence-electron chi connectivity index (χ3n) is 2.30. The van der Waals surface area contributed by atoms with E-state index in [2.05, 4.69) is 10.2 Å². The number of carbonyl (C=O) groups excluding carboxylic acids is 1. The zero-order valence-corrected chi connectivity index (χ0v) is 7.48. The molecule has 1 heterocycles. The van der Waals surface area contributed by atoms with Crippen LogP contribution in [0.15, 0.2) is 0 Å². The molecule has 1 aliphatic heterocycles. The maximum atomic E-state index is 11.0. The Hall–Kier alpha value is -0.570. The normalized spacial score (nSPS) is 30.0. The second-order valence-corrected chi connectivity index (χ2v) is 3.80. The molecule has 0 spiro atoms. The van der Waals surface area contributed by atoms with E-state index in [1.54, 1.807) is 0 Å². The molecule has 0 radical (unpaired) electrons. The zero-order chi connectivity index (χ0) is 8.48. The molecule has 1 amide bonds. The number of hydrogen-bond acceptors (Lipinski definition) is 2. The molecule has 3 heteroatoms. The molecular formula is C8H16N2O. The molecule has 1 aliphatic rings. The van der Waals surface area contributed by atoms with Gasteiger partial charge in [0.15, 0.2) is 0 Å². The molecular weight excluding hydrogens is 140 g/mol. The van der Waals surface area contributed by atoms with Gasteiger partial charge in [0, 0.05) is 6.54 Å². The minimum atomic E-state index is -0.0791. The van der Waals surface area contributed by atoms with Crippen LogP contribution >= 0.6 is 0 Å². The van der Waals surface area contributed by atoms with Gasteiger partial charge in [0.25, 0.3) is 0 Å². The summed E-state index contributed by atoms with van der Waals surface area (Å²) in [6.45, 7) is 3.86. The van der Waals surface area contributed by atoms with Crippen molar-refractivity contribution in [2.75, 3.05) is 27.2 Å². The molecule has 1 rings (SSSR count). The number of nitrogens with one attached hydrogen (secondary N) is 1. The van der Waals surface area contributed by atoms with Crippen molar-refractivity contribution in [1.29, 1.82) is 0 Å². The number of β-lactam (4-membered cyclic amide) rings is 1. The summed E-state index contributed by atoms with van der Waals surface area (Å²) in [5, 5.41) is 2.77. The largest absolute Gasteiger partial charge is 0.354 e. The summed E-state index contributed by atoms with van der Waals surface area (Å²) in [6, 6.07) is 0. The molecule has 1 saturated heterocycles. The van der Waals surface area contributed by atoms with Crippen molar-refractivity contribution in [2.45, 2.75) is 13.3 Å². The molecule has 1 N–H and O–H groups in total. The molecule has 0 saturated carbocycles. The van der Waals surface area contributed by atoms with Crippen LogP contribution in [0.3, 0.4) is 0 Å². The highest BCUT2D eigenvalue weighted by molar-refractivity contribution is 5.88. The van der Waals surface area contributed by atoms with E-state index in [-0.39, 0.29) is 11.3 Å². The number of nitrogens with zero attached hydrogens (tertiary/aromatic N) is 1. The van der Waals surface area contributed by atoms with Crippen LogP contribution in [0.25, 0.3) is 0 Å². The van der Waals surface area contributed by atoms with Gasteiger partial charge in [-0.2, -0.15) is 0 Å². The van der Waals surface area contributed by atoms with E-state index in [9.17, 15) is 4.79 Å². The van der Waals surface area contributed by atoms with E-state index in [0.29, 0.717) is 0 Å². The van der Waals surface area contributed by atoms with Gasteiger partial charge in [-0.1, -0.05) is 0 Å². The van der Waals surface area contributed by atoms with Crippen LogP contribution in [0, 0.1) is 5.41 Å². The van der Waals surface area contributed by atoms with E-state index in [4.69, 9.17) is 0 Å². The summed E-state index contributed by atoms with van der Waals surface area (Å²) in [6.07, 6.45) is 0.964. The third-order valence-corrected chi connectivity index (χ3v) is 2.30. The number of carbonyl (C=O) groups is 1. The Morgan fingerprint density at radius 3 is 2.55 bits per heavy atom. The molecule has 1 unspecified atom stereocenters. The van der Waals surface area contributed by atoms with E-state index >= 15 is 0 Å². The number of rotatable bonds is 3. The Balaban J connectivity index is 2.30. The van der Waals surface area contributed by atoms with Crippen molar-refractivity contribution in [1.82, 2.24) is 10.2 Å². The van der Waals surface area contributed by atoms with Crippen LogP contribution in [0.5, 0.6) is 0 Å². The molecule has 0 aliphatic carbocycles. The Morgan fingerprint density at radius 2 is 2.27 bits per heavy atom. The Bertz CT molecular complexity index is 167. The van der Waals surface area contributed by atoms with Crippen LogP contribution in [0.4, 0.5) is 0 Å². The monoisotopic (exact) mass is 156 g/mol. The highest BCUT2D eigenvalue weighted by Crippen LogP contribution is 2.27. The minimum Gasteiger partial charge on any atom is -0.354 e. The fourth-order valence-corrected chi connectivity index (χ4v) is 1.13. The van der Waals surface area contributed by atoms with E-state index in [1.807, 2.05) is 21.0 Å². The molecule has 0 aromatic rings. The predicted molar refractivity (Wildman–Crippen MR) is 44.3 cm³/mol. The van der Waals surface area contributed by atoms with Crippen LogP contribution in [0.1, 0.15) is 13.3 Å². The Kier molecular flexibility index (Phi) is 2.18. The lowest BCUT2D eigenvalue weighted by Crippen LogP contribution is -2.57. The second-order valence-electron chi connectivity index (χ2n) is 3.80. The lowest BCUT2D eigenvalue weighted by atomic mass is 9.80. The standard InChI is InChI=1S/C8H16N2O/c1-8(4-5-10(2)3)6-9-7(8)11/h4-6H2,1-3H3,(H,9,11). The maximum absolute atomic E-state index is 11.0. The smallest absolute Gasteiger partial charge is 0.227 e. The Morgan fingerprint density at radius 1 is 1.64 bits per heavy atom. The van der Waals surface area contributed by atoms with Crippen molar-refractivity contribution >= 4 is 5.91 Å². The SMILES string of the molecule is CN(C)CCC1(C)CNC1=O. The number of hydrogen-bond donors (Lipinski definition) is 1. The fourth-order valence-electron chi connectivity index (χ4n) is 1.13. The highest BCUT2D eigenvalue weighted by Gasteiger charge is 2.40. The number of amides is 1. The highest BCUT2D eigenvalue weighted by atomic mass is 16.2. The first-order valence-electron chi connectivity index (χ1n) is 3.98. The maximum Gasteiger partial charge on any atom is 0.227 e. The van der Waals surface area contributed by atoms with Gasteiger partial charge in [-0.05, 0) is 34.0 Å². The molecule has 1 atom stereocenters. The van der Waals surface area contributed by atoms with Crippen LogP contribution in [-0.4, -0.2) is 38.0 Å². The minimum absolute atomic E-state index is 0.0791. The van der Waals surface area contributed by atoms with Gasteiger partial charge in [-0.25, -0.2) is 0 Å². The molecule has 0 aromatic carbocycles. The average Bonchev–Trinajstić information content (AvgIpc) is 1.97. The third kappa shape index (κ3) is 1.71. The Labute approximate surface area is 67.8 Å². The summed E-state index contributed by atoms with van der Waals surface area (Å²) < 4.78 is 0. The quantitative estimate of drug-likeness (QED) is 0.587. The van der Waals surface area contributed by atoms with Crippen LogP contribution < -0.4 is 5.32 Å². The van der Waals surface area contributed by atoms with Crippen molar-refractivity contribution in [3.05, 3.63) is 0 Å². The lowest BCUT2D eigenvalue weighted by molar-refractivity contribution is -0.139. The van der Waals surface area contributed by atoms with Gasteiger partial charge in [-0.15, -0.1) is 0 Å². The van der Waals surface area contributed by atoms with Gasteiger partial charge >= 0.3 is 0 Å². The first-order chi connectivity index (χ1) is 5.04. The predicted octanol–water partition coefficient (Wildman–Crippen LogP) is 0.0742. The molecule has 0 bridgehead atoms. The summed E-state index contributed by atoms with van der Waals surface area (Å²) in [5.74, 6) is 0.208. The zero-order valence-electron chi connectivity index (χ0n) is 7.48. The van der Waals surface area contributed by atoms with Crippen LogP contribution in [-0.2, 0) is 4.79 Å². The molecule has 0 aromatic heterocycles. The average molecular weight is 156 g/mol. The first-order valence-corrected chi connectivity index (χ1v) is 3.98. The van der Waals surface area contributed by atoms with Crippen molar-refractivity contribution in [3.63, 3.8) is 0 Å². The van der Waals surface area contributed by atoms with E-state index < -0.39 is 0 Å². The van der Waals surface area contributed by atoms with E-state index in [0.717, 1.165) is 19.5 Å². The summed E-state index contributed by atoms with van der Waals surface area (Å²) in [5.41, 5.74) is -0.0791. The van der Waals surface area contributed by atoms with Gasteiger partial charge in [0.05, 0.1) is 5.41 Å². The molecule has 1 fully saturated rings. The topological polar surface area (TPSA) is 32.3 Å². The second kappa shape index (κ2) is 2.81. The van der Waals surface area contributed by atoms with E-state index in [1.165, 1.54) is 0 Å². The van der Waals surface area contributed by atoms with Crippen molar-refractivity contribution in [2.24, 2.45) is 5.41 Å². The fraction of sp³-hybridized carbons (Fsp3) is 0.875. The van der Waals surface area contributed by atoms with Crippen LogP contribution in [0.2, 0.25) is 0 Å². The lowest BCUT2D eigenvalue weighted by Gasteiger charge is -2.38. The summed E-state index contributed by atoms with van der Waals surface area (Å²) in [4.78, 5) is 13.1. The van der Waals surface area contributed by atoms with Crippen molar-refractivity contribution in [3.8, 4) is 0 Å². The summed E-state index contributed by atoms with van der Waals surface area (Å²) in [7, 11) is 4.06. The van der Waals surface area contributed by atoms with Gasteiger partial charge in [0.1, 0.15) is 0 Å². The van der Waals surface area contributed by atoms with Gasteiger partial charge in [0.2, 0.25) is 5.91 Å². The molecule has 11 heavy (non-hydrogen) atoms. The molecule has 64 valence electrons. The summed E-state index contributed by atoms with van der Waals surface area (Å²) >= 11 is 0. The first kappa shape index (κ1) is 8.53. The molecule has 3 nitrogen and oxygen atoms in total. The van der Waals surface area contributed by atoms with Crippen molar-refractivity contribution < 1.29 is 4.79 Å².